The fraction of sp³-hybridized carbons (Fsp3) is 0.400. The summed E-state index contributed by atoms with van der Waals surface area (Å²) in [5.74, 6) is 0.000108. The first-order valence-electron chi connectivity index (χ1n) is 4.50. The van der Waals surface area contributed by atoms with Gasteiger partial charge in [-0.3, -0.25) is 0 Å². The van der Waals surface area contributed by atoms with Crippen molar-refractivity contribution in [1.82, 2.24) is 0 Å². The molecule has 1 aromatic carbocycles. The van der Waals surface area contributed by atoms with Crippen LogP contribution in [0.15, 0.2) is 12.1 Å². The lowest BCUT2D eigenvalue weighted by molar-refractivity contribution is 0.458. The Balaban J connectivity index is 0.00000196. The van der Waals surface area contributed by atoms with Crippen molar-refractivity contribution in [1.29, 1.82) is 0 Å². The Morgan fingerprint density at radius 3 is 2.53 bits per heavy atom. The van der Waals surface area contributed by atoms with E-state index in [1.54, 1.807) is 12.1 Å². The second-order valence-electron chi connectivity index (χ2n) is 3.19. The quantitative estimate of drug-likeness (QED) is 0.874. The first-order chi connectivity index (χ1) is 6.57. The molecule has 1 atom stereocenters. The van der Waals surface area contributed by atoms with Crippen molar-refractivity contribution in [3.63, 3.8) is 0 Å². The predicted molar refractivity (Wildman–Crippen MR) is 67.2 cm³/mol. The normalized spacial score (nSPS) is 12.0. The lowest BCUT2D eigenvalue weighted by atomic mass is 10.0. The fourth-order valence-electron chi connectivity index (χ4n) is 1.32. The molecule has 0 unspecified atom stereocenters. The van der Waals surface area contributed by atoms with Gasteiger partial charge in [-0.25, -0.2) is 0 Å². The average molecular weight is 271 g/mol. The highest BCUT2D eigenvalue weighted by Crippen LogP contribution is 2.37. The second-order valence-corrected chi connectivity index (χ2v) is 3.98. The van der Waals surface area contributed by atoms with Crippen LogP contribution in [0.1, 0.15) is 31.4 Å². The molecule has 0 bridgehead atoms. The van der Waals surface area contributed by atoms with Gasteiger partial charge in [0.15, 0.2) is 0 Å². The van der Waals surface area contributed by atoms with Crippen LogP contribution >= 0.6 is 35.6 Å². The van der Waals surface area contributed by atoms with E-state index >= 15 is 0 Å². The monoisotopic (exact) mass is 269 g/mol. The molecule has 0 aromatic heterocycles. The first kappa shape index (κ1) is 14.8. The number of benzene rings is 1. The molecule has 0 saturated carbocycles. The molecule has 0 aliphatic heterocycles. The molecule has 3 N–H and O–H groups in total. The zero-order chi connectivity index (χ0) is 10.7. The number of nitrogens with two attached hydrogens (primary N) is 1. The molecule has 0 aliphatic rings. The number of phenolic OH excluding ortho intramolecular Hbond substituents is 1. The summed E-state index contributed by atoms with van der Waals surface area (Å²) in [6, 6.07) is 3.17. The highest BCUT2D eigenvalue weighted by Gasteiger charge is 2.14. The van der Waals surface area contributed by atoms with Crippen molar-refractivity contribution < 1.29 is 5.11 Å². The van der Waals surface area contributed by atoms with Crippen LogP contribution in [0.25, 0.3) is 0 Å². The number of halogens is 3. The van der Waals surface area contributed by atoms with E-state index in [0.717, 1.165) is 12.8 Å². The molecule has 86 valence electrons. The topological polar surface area (TPSA) is 46.2 Å². The molecule has 5 heteroatoms. The van der Waals surface area contributed by atoms with E-state index < -0.39 is 0 Å². The van der Waals surface area contributed by atoms with Gasteiger partial charge in [0.2, 0.25) is 0 Å². The van der Waals surface area contributed by atoms with Crippen LogP contribution in [0.3, 0.4) is 0 Å². The number of hydrogen-bond acceptors (Lipinski definition) is 2. The molecule has 0 heterocycles. The summed E-state index contributed by atoms with van der Waals surface area (Å²) in [4.78, 5) is 0. The Morgan fingerprint density at radius 2 is 2.00 bits per heavy atom. The maximum atomic E-state index is 9.68. The molecular formula is C10H14Cl3NO. The number of hydrogen-bond donors (Lipinski definition) is 2. The van der Waals surface area contributed by atoms with Crippen LogP contribution in [0.5, 0.6) is 5.75 Å². The van der Waals surface area contributed by atoms with Crippen molar-refractivity contribution in [2.75, 3.05) is 0 Å². The van der Waals surface area contributed by atoms with E-state index in [2.05, 4.69) is 0 Å². The number of phenols is 1. The summed E-state index contributed by atoms with van der Waals surface area (Å²) in [5.41, 5.74) is 6.52. The minimum absolute atomic E-state index is 0. The lowest BCUT2D eigenvalue weighted by Gasteiger charge is -2.13. The summed E-state index contributed by atoms with van der Waals surface area (Å²) in [5, 5.41) is 10.2. The molecule has 0 spiro atoms. The number of rotatable bonds is 3. The Kier molecular flexibility index (Phi) is 6.37. The molecule has 0 amide bonds. The Bertz CT molecular complexity index is 331. The Hall–Kier alpha value is -0.150. The molecule has 1 aromatic rings. The molecule has 15 heavy (non-hydrogen) atoms. The summed E-state index contributed by atoms with van der Waals surface area (Å²) in [6.07, 6.45) is 1.77. The van der Waals surface area contributed by atoms with Gasteiger partial charge in [-0.1, -0.05) is 42.6 Å². The summed E-state index contributed by atoms with van der Waals surface area (Å²) in [7, 11) is 0. The van der Waals surface area contributed by atoms with Crippen molar-refractivity contribution in [2.24, 2.45) is 5.73 Å². The zero-order valence-corrected chi connectivity index (χ0v) is 10.7. The average Bonchev–Trinajstić information content (AvgIpc) is 2.15. The van der Waals surface area contributed by atoms with Gasteiger partial charge >= 0.3 is 0 Å². The van der Waals surface area contributed by atoms with Crippen LogP contribution in [0.2, 0.25) is 10.0 Å². The fourth-order valence-corrected chi connectivity index (χ4v) is 1.65. The van der Waals surface area contributed by atoms with Gasteiger partial charge in [0.1, 0.15) is 10.8 Å². The molecule has 1 rings (SSSR count). The van der Waals surface area contributed by atoms with Gasteiger partial charge in [0, 0.05) is 11.6 Å². The van der Waals surface area contributed by atoms with Crippen LogP contribution in [0, 0.1) is 0 Å². The van der Waals surface area contributed by atoms with Gasteiger partial charge in [0.25, 0.3) is 0 Å². The van der Waals surface area contributed by atoms with Crippen LogP contribution in [0.4, 0.5) is 0 Å². The molecular weight excluding hydrogens is 256 g/mol. The number of aromatic hydroxyl groups is 1. The molecule has 2 nitrogen and oxygen atoms in total. The Morgan fingerprint density at radius 1 is 1.40 bits per heavy atom. The summed E-state index contributed by atoms with van der Waals surface area (Å²) in [6.45, 7) is 2.04. The van der Waals surface area contributed by atoms with E-state index in [0.29, 0.717) is 10.6 Å². The van der Waals surface area contributed by atoms with Gasteiger partial charge < -0.3 is 10.8 Å². The molecule has 0 aliphatic carbocycles. The second kappa shape index (κ2) is 6.44. The zero-order valence-electron chi connectivity index (χ0n) is 8.34. The van der Waals surface area contributed by atoms with Gasteiger partial charge in [-0.2, -0.15) is 0 Å². The van der Waals surface area contributed by atoms with Crippen molar-refractivity contribution in [3.05, 3.63) is 27.7 Å². The SMILES string of the molecule is CCC[C@H](N)c1ccc(Cl)c(Cl)c1O.Cl. The smallest absolute Gasteiger partial charge is 0.140 e. The summed E-state index contributed by atoms with van der Waals surface area (Å²) < 4.78 is 0. The van der Waals surface area contributed by atoms with Gasteiger partial charge in [-0.15, -0.1) is 12.4 Å². The Labute approximate surface area is 106 Å². The van der Waals surface area contributed by atoms with Crippen molar-refractivity contribution in [3.8, 4) is 5.75 Å². The molecule has 0 radical (unpaired) electrons. The highest BCUT2D eigenvalue weighted by atomic mass is 35.5. The van der Waals surface area contributed by atoms with Gasteiger partial charge in [0.05, 0.1) is 5.02 Å². The molecule has 0 saturated heterocycles. The highest BCUT2D eigenvalue weighted by molar-refractivity contribution is 6.43. The largest absolute Gasteiger partial charge is 0.506 e. The van der Waals surface area contributed by atoms with Crippen LogP contribution in [-0.4, -0.2) is 5.11 Å². The maximum Gasteiger partial charge on any atom is 0.140 e. The maximum absolute atomic E-state index is 9.68. The lowest BCUT2D eigenvalue weighted by Crippen LogP contribution is -2.09. The standard InChI is InChI=1S/C10H13Cl2NO.ClH/c1-2-3-8(13)6-4-5-7(11)9(12)10(6)14;/h4-5,8,14H,2-3,13H2,1H3;1H/t8-;/m0./s1. The minimum atomic E-state index is -0.185. The first-order valence-corrected chi connectivity index (χ1v) is 5.26. The predicted octanol–water partition coefficient (Wildman–Crippen LogP) is 3.92. The van der Waals surface area contributed by atoms with Crippen LogP contribution < -0.4 is 5.73 Å². The van der Waals surface area contributed by atoms with E-state index in [-0.39, 0.29) is 29.2 Å². The van der Waals surface area contributed by atoms with Crippen molar-refractivity contribution in [2.45, 2.75) is 25.8 Å². The van der Waals surface area contributed by atoms with Crippen LogP contribution in [-0.2, 0) is 0 Å². The van der Waals surface area contributed by atoms with Crippen molar-refractivity contribution >= 4 is 35.6 Å². The van der Waals surface area contributed by atoms with Gasteiger partial charge in [-0.05, 0) is 12.5 Å². The van der Waals surface area contributed by atoms with E-state index in [1.807, 2.05) is 6.92 Å². The van der Waals surface area contributed by atoms with E-state index in [4.69, 9.17) is 28.9 Å². The van der Waals surface area contributed by atoms with E-state index in [1.165, 1.54) is 0 Å². The third-order valence-electron chi connectivity index (χ3n) is 2.10. The molecule has 0 fully saturated rings. The van der Waals surface area contributed by atoms with E-state index in [9.17, 15) is 5.11 Å². The third kappa shape index (κ3) is 3.42. The summed E-state index contributed by atoms with van der Waals surface area (Å²) >= 11 is 11.5. The minimum Gasteiger partial charge on any atom is -0.506 e. The third-order valence-corrected chi connectivity index (χ3v) is 2.89.